The Morgan fingerprint density at radius 2 is 1.70 bits per heavy atom. The van der Waals surface area contributed by atoms with Crippen LogP contribution in [0.3, 0.4) is 0 Å². The maximum Gasteiger partial charge on any atom is 0.321 e. The maximum absolute atomic E-state index is 14.7. The summed E-state index contributed by atoms with van der Waals surface area (Å²) in [7, 11) is 2.05. The minimum Gasteiger partial charge on any atom is -0.481 e. The number of anilines is 3. The van der Waals surface area contributed by atoms with E-state index in [4.69, 9.17) is 10.8 Å². The normalized spacial score (nSPS) is 19.3. The Morgan fingerprint density at radius 1 is 1.00 bits per heavy atom. The largest absolute Gasteiger partial charge is 0.481 e. The summed E-state index contributed by atoms with van der Waals surface area (Å²) in [6, 6.07) is 7.53. The third-order valence-electron chi connectivity index (χ3n) is 8.21. The monoisotopic (exact) mass is 598 g/mol. The molecule has 3 fully saturated rings. The van der Waals surface area contributed by atoms with Gasteiger partial charge in [-0.1, -0.05) is 25.0 Å². The number of primary amides is 1. The standard InChI is InChI=1S/C15H22FN5O.C15H21N3O3/c16-12-14(20-11-5-1-2-6-11)18-9-19-15(12)21-7-3-4-10(8-21)13(17)22;1-17-8-10-18(11-9-17)15(21)16-13-5-2-12(3-6-13)4-7-14(19)20/h9-11H,1-8H2,(H2,17,22)(H,18,19,20);2-3,5-6H,4,7-11H2,1H3,(H,16,21)(H,19,20). The van der Waals surface area contributed by atoms with Gasteiger partial charge in [0, 0.05) is 57.4 Å². The molecule has 0 bridgehead atoms. The number of nitrogens with two attached hydrogens (primary N) is 1. The molecule has 5 N–H and O–H groups in total. The van der Waals surface area contributed by atoms with Crippen LogP contribution in [0.1, 0.15) is 50.5 Å². The molecule has 1 unspecified atom stereocenters. The zero-order valence-electron chi connectivity index (χ0n) is 24.8. The Bertz CT molecular complexity index is 1230. The number of aromatic nitrogens is 2. The molecule has 43 heavy (non-hydrogen) atoms. The number of piperidine rings is 1. The lowest BCUT2D eigenvalue weighted by Crippen LogP contribution is -2.48. The smallest absolute Gasteiger partial charge is 0.321 e. The predicted octanol–water partition coefficient (Wildman–Crippen LogP) is 3.16. The fraction of sp³-hybridized carbons (Fsp3) is 0.567. The second-order valence-electron chi connectivity index (χ2n) is 11.5. The van der Waals surface area contributed by atoms with Crippen molar-refractivity contribution in [3.05, 3.63) is 42.0 Å². The third kappa shape index (κ3) is 9.50. The number of hydrogen-bond acceptors (Lipinski definition) is 8. The Labute approximate surface area is 251 Å². The van der Waals surface area contributed by atoms with E-state index in [2.05, 4.69) is 25.5 Å². The summed E-state index contributed by atoms with van der Waals surface area (Å²) in [6.45, 7) is 4.36. The number of aryl methyl sites for hydroxylation is 1. The predicted molar refractivity (Wildman–Crippen MR) is 162 cm³/mol. The van der Waals surface area contributed by atoms with Crippen molar-refractivity contribution in [1.82, 2.24) is 19.8 Å². The van der Waals surface area contributed by atoms with Gasteiger partial charge in [0.05, 0.1) is 5.92 Å². The van der Waals surface area contributed by atoms with E-state index < -0.39 is 11.8 Å². The zero-order chi connectivity index (χ0) is 30.8. The van der Waals surface area contributed by atoms with Crippen molar-refractivity contribution in [2.24, 2.45) is 11.7 Å². The average molecular weight is 599 g/mol. The van der Waals surface area contributed by atoms with Crippen LogP contribution >= 0.6 is 0 Å². The molecule has 0 radical (unpaired) electrons. The summed E-state index contributed by atoms with van der Waals surface area (Å²) in [5.74, 6) is -1.28. The highest BCUT2D eigenvalue weighted by atomic mass is 19.1. The Morgan fingerprint density at radius 3 is 2.35 bits per heavy atom. The average Bonchev–Trinajstić information content (AvgIpc) is 3.52. The van der Waals surface area contributed by atoms with Gasteiger partial charge in [-0.2, -0.15) is 4.39 Å². The minimum absolute atomic E-state index is 0.0821. The molecule has 3 aliphatic rings. The number of nitrogens with one attached hydrogen (secondary N) is 2. The number of hydrogen-bond donors (Lipinski definition) is 4. The summed E-state index contributed by atoms with van der Waals surface area (Å²) in [4.78, 5) is 47.9. The van der Waals surface area contributed by atoms with Crippen LogP contribution in [0.4, 0.5) is 26.5 Å². The highest BCUT2D eigenvalue weighted by Gasteiger charge is 2.28. The summed E-state index contributed by atoms with van der Waals surface area (Å²) in [6.07, 6.45) is 8.00. The lowest BCUT2D eigenvalue weighted by molar-refractivity contribution is -0.137. The number of urea groups is 1. The lowest BCUT2D eigenvalue weighted by Gasteiger charge is -2.32. The van der Waals surface area contributed by atoms with E-state index in [-0.39, 0.29) is 42.0 Å². The van der Waals surface area contributed by atoms with E-state index in [1.54, 1.807) is 9.80 Å². The number of halogens is 1. The molecule has 1 aromatic carbocycles. The van der Waals surface area contributed by atoms with Crippen molar-refractivity contribution < 1.29 is 23.9 Å². The van der Waals surface area contributed by atoms with E-state index >= 15 is 0 Å². The molecular weight excluding hydrogens is 555 g/mol. The topological polar surface area (TPSA) is 157 Å². The second-order valence-corrected chi connectivity index (χ2v) is 11.5. The van der Waals surface area contributed by atoms with Gasteiger partial charge in [0.1, 0.15) is 6.33 Å². The molecule has 12 nitrogen and oxygen atoms in total. The van der Waals surface area contributed by atoms with Gasteiger partial charge in [0.2, 0.25) is 11.7 Å². The van der Waals surface area contributed by atoms with Gasteiger partial charge in [0.15, 0.2) is 11.6 Å². The fourth-order valence-corrected chi connectivity index (χ4v) is 5.56. The number of rotatable bonds is 8. The molecule has 1 atom stereocenters. The third-order valence-corrected chi connectivity index (χ3v) is 8.21. The van der Waals surface area contributed by atoms with Gasteiger partial charge in [-0.15, -0.1) is 0 Å². The maximum atomic E-state index is 14.7. The van der Waals surface area contributed by atoms with Gasteiger partial charge in [0.25, 0.3) is 0 Å². The number of piperazine rings is 1. The first kappa shape index (κ1) is 31.9. The van der Waals surface area contributed by atoms with E-state index in [0.29, 0.717) is 19.5 Å². The number of benzene rings is 1. The van der Waals surface area contributed by atoms with Crippen molar-refractivity contribution in [3.8, 4) is 0 Å². The van der Waals surface area contributed by atoms with Crippen LogP contribution in [0.15, 0.2) is 30.6 Å². The molecule has 2 saturated heterocycles. The zero-order valence-corrected chi connectivity index (χ0v) is 24.8. The van der Waals surface area contributed by atoms with Crippen LogP contribution in [-0.2, 0) is 16.0 Å². The lowest BCUT2D eigenvalue weighted by atomic mass is 9.97. The van der Waals surface area contributed by atoms with E-state index in [0.717, 1.165) is 63.1 Å². The van der Waals surface area contributed by atoms with Crippen LogP contribution in [0.5, 0.6) is 0 Å². The van der Waals surface area contributed by atoms with Crippen molar-refractivity contribution >= 4 is 35.2 Å². The van der Waals surface area contributed by atoms with Crippen molar-refractivity contribution in [2.75, 3.05) is 61.8 Å². The number of aliphatic carboxylic acids is 1. The summed E-state index contributed by atoms with van der Waals surface area (Å²) < 4.78 is 14.7. The van der Waals surface area contributed by atoms with E-state index in [9.17, 15) is 18.8 Å². The first-order chi connectivity index (χ1) is 20.7. The summed E-state index contributed by atoms with van der Waals surface area (Å²) >= 11 is 0. The number of likely N-dealkylation sites (N-methyl/N-ethyl adjacent to an activating group) is 1. The molecule has 1 saturated carbocycles. The quantitative estimate of drug-likeness (QED) is 0.358. The Kier molecular flexibility index (Phi) is 11.5. The van der Waals surface area contributed by atoms with Crippen molar-refractivity contribution in [2.45, 2.75) is 57.4 Å². The molecule has 234 valence electrons. The molecule has 3 heterocycles. The van der Waals surface area contributed by atoms with Gasteiger partial charge in [-0.25, -0.2) is 14.8 Å². The molecular formula is C30H43FN8O4. The number of amides is 3. The molecule has 0 spiro atoms. The molecule has 13 heteroatoms. The fourth-order valence-electron chi connectivity index (χ4n) is 5.56. The number of carbonyl (C=O) groups is 3. The molecule has 2 aliphatic heterocycles. The van der Waals surface area contributed by atoms with Crippen molar-refractivity contribution in [3.63, 3.8) is 0 Å². The van der Waals surface area contributed by atoms with Crippen LogP contribution in [0, 0.1) is 11.7 Å². The Hall–Kier alpha value is -4.00. The van der Waals surface area contributed by atoms with Crippen LogP contribution in [-0.4, -0.2) is 95.1 Å². The number of nitrogens with zero attached hydrogens (tertiary/aromatic N) is 5. The van der Waals surface area contributed by atoms with E-state index in [1.807, 2.05) is 31.3 Å². The first-order valence-electron chi connectivity index (χ1n) is 15.1. The van der Waals surface area contributed by atoms with Gasteiger partial charge < -0.3 is 36.2 Å². The Balaban J connectivity index is 0.000000197. The minimum atomic E-state index is -0.803. The number of carboxylic acids is 1. The van der Waals surface area contributed by atoms with Crippen LogP contribution < -0.4 is 21.3 Å². The van der Waals surface area contributed by atoms with Crippen molar-refractivity contribution in [1.29, 1.82) is 0 Å². The highest BCUT2D eigenvalue weighted by molar-refractivity contribution is 5.89. The molecule has 3 amide bonds. The van der Waals surface area contributed by atoms with E-state index in [1.165, 1.54) is 19.2 Å². The van der Waals surface area contributed by atoms with Gasteiger partial charge >= 0.3 is 12.0 Å². The SMILES string of the molecule is CN1CCN(C(=O)Nc2ccc(CCC(=O)O)cc2)CC1.NC(=O)C1CCCN(c2ncnc(NC3CCCC3)c2F)C1. The number of carboxylic acid groups (broad SMARTS) is 1. The molecule has 1 aliphatic carbocycles. The van der Waals surface area contributed by atoms with Crippen LogP contribution in [0.25, 0.3) is 0 Å². The molecule has 2 aromatic rings. The molecule has 5 rings (SSSR count). The van der Waals surface area contributed by atoms with Gasteiger partial charge in [-0.3, -0.25) is 9.59 Å². The summed E-state index contributed by atoms with van der Waals surface area (Å²) in [5, 5.41) is 14.7. The highest BCUT2D eigenvalue weighted by Crippen LogP contribution is 2.28. The number of carbonyl (C=O) groups excluding carboxylic acids is 2. The van der Waals surface area contributed by atoms with Gasteiger partial charge in [-0.05, 0) is 56.8 Å². The van der Waals surface area contributed by atoms with Crippen LogP contribution in [0.2, 0.25) is 0 Å². The summed E-state index contributed by atoms with van der Waals surface area (Å²) in [5.41, 5.74) is 7.07. The first-order valence-corrected chi connectivity index (χ1v) is 15.1. The second kappa shape index (κ2) is 15.5. The molecule has 1 aromatic heterocycles.